The smallest absolute Gasteiger partial charge is 0.339 e. The molecule has 0 fully saturated rings. The van der Waals surface area contributed by atoms with Gasteiger partial charge in [0.2, 0.25) is 0 Å². The second kappa shape index (κ2) is 4.59. The lowest BCUT2D eigenvalue weighted by molar-refractivity contribution is 0.0696. The molecule has 1 heterocycles. The van der Waals surface area contributed by atoms with Gasteiger partial charge < -0.3 is 5.11 Å². The lowest BCUT2D eigenvalue weighted by Gasteiger charge is -2.05. The summed E-state index contributed by atoms with van der Waals surface area (Å²) < 4.78 is 1.66. The fraction of sp³-hybridized carbons (Fsp3) is 0.167. The van der Waals surface area contributed by atoms with E-state index in [0.29, 0.717) is 17.3 Å². The fourth-order valence-electron chi connectivity index (χ4n) is 1.58. The molecule has 0 saturated carbocycles. The maximum absolute atomic E-state index is 10.9. The Hall–Kier alpha value is -1.81. The quantitative estimate of drug-likeness (QED) is 0.911. The third-order valence-corrected chi connectivity index (χ3v) is 2.83. The van der Waals surface area contributed by atoms with Gasteiger partial charge in [0.15, 0.2) is 0 Å². The first-order valence-electron chi connectivity index (χ1n) is 5.08. The summed E-state index contributed by atoms with van der Waals surface area (Å²) in [6.45, 7) is 2.28. The molecule has 1 N–H and O–H groups in total. The molecular formula is C12H11ClN2O2. The molecule has 2 rings (SSSR count). The Labute approximate surface area is 103 Å². The zero-order valence-electron chi connectivity index (χ0n) is 9.22. The van der Waals surface area contributed by atoms with Crippen molar-refractivity contribution in [1.82, 2.24) is 9.78 Å². The van der Waals surface area contributed by atoms with Gasteiger partial charge in [-0.3, -0.25) is 4.68 Å². The van der Waals surface area contributed by atoms with Gasteiger partial charge in [-0.1, -0.05) is 23.7 Å². The lowest BCUT2D eigenvalue weighted by atomic mass is 10.2. The number of hydrogen-bond donors (Lipinski definition) is 1. The molecule has 1 aromatic heterocycles. The standard InChI is InChI=1S/C12H11ClN2O2/c1-8-11(12(16)17)6-14-15(8)7-9-2-4-10(13)5-3-9/h2-6H,7H2,1H3,(H,16,17). The van der Waals surface area contributed by atoms with Crippen LogP contribution in [-0.4, -0.2) is 20.9 Å². The van der Waals surface area contributed by atoms with Crippen LogP contribution in [-0.2, 0) is 6.54 Å². The maximum atomic E-state index is 10.9. The lowest BCUT2D eigenvalue weighted by Crippen LogP contribution is -2.05. The van der Waals surface area contributed by atoms with Gasteiger partial charge in [-0.15, -0.1) is 0 Å². The van der Waals surface area contributed by atoms with Gasteiger partial charge in [-0.05, 0) is 24.6 Å². The van der Waals surface area contributed by atoms with Crippen LogP contribution in [0.1, 0.15) is 21.6 Å². The van der Waals surface area contributed by atoms with Crippen LogP contribution in [0.5, 0.6) is 0 Å². The van der Waals surface area contributed by atoms with Gasteiger partial charge in [0.1, 0.15) is 5.56 Å². The molecule has 0 aliphatic rings. The Morgan fingerprint density at radius 3 is 2.59 bits per heavy atom. The summed E-state index contributed by atoms with van der Waals surface area (Å²) in [6.07, 6.45) is 1.37. The normalized spacial score (nSPS) is 10.5. The molecule has 4 nitrogen and oxygen atoms in total. The Morgan fingerprint density at radius 1 is 1.41 bits per heavy atom. The third kappa shape index (κ3) is 2.47. The van der Waals surface area contributed by atoms with Crippen molar-refractivity contribution in [1.29, 1.82) is 0 Å². The zero-order chi connectivity index (χ0) is 12.4. The number of aromatic nitrogens is 2. The van der Waals surface area contributed by atoms with E-state index in [1.165, 1.54) is 6.20 Å². The molecule has 1 aromatic carbocycles. The second-order valence-corrected chi connectivity index (χ2v) is 4.17. The van der Waals surface area contributed by atoms with Gasteiger partial charge in [0, 0.05) is 5.02 Å². The molecule has 2 aromatic rings. The van der Waals surface area contributed by atoms with E-state index in [-0.39, 0.29) is 5.56 Å². The number of benzene rings is 1. The fourth-order valence-corrected chi connectivity index (χ4v) is 1.70. The predicted molar refractivity (Wildman–Crippen MR) is 64.5 cm³/mol. The first kappa shape index (κ1) is 11.7. The third-order valence-electron chi connectivity index (χ3n) is 2.58. The van der Waals surface area contributed by atoms with Gasteiger partial charge >= 0.3 is 5.97 Å². The number of carbonyl (C=O) groups is 1. The van der Waals surface area contributed by atoms with Gasteiger partial charge in [0.05, 0.1) is 18.4 Å². The van der Waals surface area contributed by atoms with Gasteiger partial charge in [0.25, 0.3) is 0 Å². The molecule has 0 aliphatic heterocycles. The van der Waals surface area contributed by atoms with E-state index in [1.54, 1.807) is 23.7 Å². The molecule has 0 spiro atoms. The molecule has 5 heteroatoms. The minimum Gasteiger partial charge on any atom is -0.478 e. The van der Waals surface area contributed by atoms with E-state index in [4.69, 9.17) is 16.7 Å². The van der Waals surface area contributed by atoms with E-state index >= 15 is 0 Å². The van der Waals surface area contributed by atoms with Crippen molar-refractivity contribution in [2.24, 2.45) is 0 Å². The largest absolute Gasteiger partial charge is 0.478 e. The van der Waals surface area contributed by atoms with E-state index in [1.807, 2.05) is 12.1 Å². The number of carboxylic acid groups (broad SMARTS) is 1. The molecule has 0 saturated heterocycles. The Bertz CT molecular complexity index is 546. The van der Waals surface area contributed by atoms with Crippen molar-refractivity contribution in [2.45, 2.75) is 13.5 Å². The summed E-state index contributed by atoms with van der Waals surface area (Å²) in [6, 6.07) is 7.38. The summed E-state index contributed by atoms with van der Waals surface area (Å²) in [5, 5.41) is 13.6. The predicted octanol–water partition coefficient (Wildman–Crippen LogP) is 2.59. The Morgan fingerprint density at radius 2 is 2.06 bits per heavy atom. The molecule has 0 bridgehead atoms. The van der Waals surface area contributed by atoms with Crippen molar-refractivity contribution in [2.75, 3.05) is 0 Å². The van der Waals surface area contributed by atoms with E-state index in [2.05, 4.69) is 5.10 Å². The van der Waals surface area contributed by atoms with Crippen LogP contribution in [0.4, 0.5) is 0 Å². The van der Waals surface area contributed by atoms with Crippen LogP contribution >= 0.6 is 11.6 Å². The van der Waals surface area contributed by atoms with Crippen LogP contribution in [0.15, 0.2) is 30.5 Å². The van der Waals surface area contributed by atoms with Crippen LogP contribution in [0.2, 0.25) is 5.02 Å². The molecular weight excluding hydrogens is 240 g/mol. The first-order chi connectivity index (χ1) is 8.08. The minimum atomic E-state index is -0.954. The highest BCUT2D eigenvalue weighted by molar-refractivity contribution is 6.30. The van der Waals surface area contributed by atoms with E-state index < -0.39 is 5.97 Å². The summed E-state index contributed by atoms with van der Waals surface area (Å²) in [7, 11) is 0. The summed E-state index contributed by atoms with van der Waals surface area (Å²) in [5.74, 6) is -0.954. The van der Waals surface area contributed by atoms with E-state index in [0.717, 1.165) is 5.56 Å². The summed E-state index contributed by atoms with van der Waals surface area (Å²) in [5.41, 5.74) is 1.91. The molecule has 0 aliphatic carbocycles. The number of rotatable bonds is 3. The number of hydrogen-bond acceptors (Lipinski definition) is 2. The van der Waals surface area contributed by atoms with Crippen molar-refractivity contribution in [3.05, 3.63) is 52.3 Å². The number of halogens is 1. The monoisotopic (exact) mass is 250 g/mol. The topological polar surface area (TPSA) is 55.1 Å². The molecule has 17 heavy (non-hydrogen) atoms. The number of carboxylic acids is 1. The number of aromatic carboxylic acids is 1. The molecule has 0 amide bonds. The summed E-state index contributed by atoms with van der Waals surface area (Å²) >= 11 is 5.79. The average Bonchev–Trinajstić information content (AvgIpc) is 2.64. The van der Waals surface area contributed by atoms with E-state index in [9.17, 15) is 4.79 Å². The maximum Gasteiger partial charge on any atom is 0.339 e. The average molecular weight is 251 g/mol. The van der Waals surface area contributed by atoms with Crippen molar-refractivity contribution < 1.29 is 9.90 Å². The molecule has 0 unspecified atom stereocenters. The van der Waals surface area contributed by atoms with Gasteiger partial charge in [-0.2, -0.15) is 5.10 Å². The van der Waals surface area contributed by atoms with Crippen LogP contribution < -0.4 is 0 Å². The second-order valence-electron chi connectivity index (χ2n) is 3.73. The van der Waals surface area contributed by atoms with Crippen LogP contribution in [0.3, 0.4) is 0 Å². The Kier molecular flexibility index (Phi) is 3.15. The van der Waals surface area contributed by atoms with Crippen LogP contribution in [0.25, 0.3) is 0 Å². The molecule has 88 valence electrons. The van der Waals surface area contributed by atoms with Crippen molar-refractivity contribution in [3.63, 3.8) is 0 Å². The highest BCUT2D eigenvalue weighted by Crippen LogP contribution is 2.13. The molecule has 0 atom stereocenters. The van der Waals surface area contributed by atoms with Crippen molar-refractivity contribution >= 4 is 17.6 Å². The highest BCUT2D eigenvalue weighted by Gasteiger charge is 2.12. The minimum absolute atomic E-state index is 0.235. The number of nitrogens with zero attached hydrogens (tertiary/aromatic N) is 2. The first-order valence-corrected chi connectivity index (χ1v) is 5.46. The Balaban J connectivity index is 2.24. The van der Waals surface area contributed by atoms with Crippen LogP contribution in [0, 0.1) is 6.92 Å². The molecule has 0 radical (unpaired) electrons. The van der Waals surface area contributed by atoms with Crippen molar-refractivity contribution in [3.8, 4) is 0 Å². The van der Waals surface area contributed by atoms with Gasteiger partial charge in [-0.25, -0.2) is 4.79 Å². The highest BCUT2D eigenvalue weighted by atomic mass is 35.5. The summed E-state index contributed by atoms with van der Waals surface area (Å²) in [4.78, 5) is 10.9. The zero-order valence-corrected chi connectivity index (χ0v) is 9.98. The SMILES string of the molecule is Cc1c(C(=O)O)cnn1Cc1ccc(Cl)cc1.